The van der Waals surface area contributed by atoms with Gasteiger partial charge < -0.3 is 14.3 Å². The highest BCUT2D eigenvalue weighted by atomic mass is 32.1. The molecule has 0 amide bonds. The zero-order chi connectivity index (χ0) is 10.1. The van der Waals surface area contributed by atoms with Crippen LogP contribution in [0.4, 0.5) is 0 Å². The van der Waals surface area contributed by atoms with Gasteiger partial charge in [-0.3, -0.25) is 0 Å². The van der Waals surface area contributed by atoms with E-state index < -0.39 is 0 Å². The molecule has 1 aliphatic heterocycles. The second-order valence-electron chi connectivity index (χ2n) is 3.89. The lowest BCUT2D eigenvalue weighted by Crippen LogP contribution is -2.16. The molecule has 0 bridgehead atoms. The Morgan fingerprint density at radius 3 is 2.86 bits per heavy atom. The van der Waals surface area contributed by atoms with E-state index in [9.17, 15) is 0 Å². The number of aromatic amines is 1. The molecule has 0 unspecified atom stereocenters. The number of imidazole rings is 1. The summed E-state index contributed by atoms with van der Waals surface area (Å²) in [6.07, 6.45) is 2.70. The van der Waals surface area contributed by atoms with Gasteiger partial charge >= 0.3 is 0 Å². The monoisotopic (exact) mass is 212 g/mol. The predicted molar refractivity (Wildman–Crippen MR) is 58.1 cm³/mol. The second-order valence-corrected chi connectivity index (χ2v) is 4.27. The number of ether oxygens (including phenoxy) is 1. The van der Waals surface area contributed by atoms with Crippen molar-refractivity contribution in [1.29, 1.82) is 0 Å². The molecule has 1 aromatic heterocycles. The molecule has 4 heteroatoms. The number of nitrogens with zero attached hydrogens (tertiary/aromatic N) is 1. The molecule has 1 aliphatic rings. The summed E-state index contributed by atoms with van der Waals surface area (Å²) in [4.78, 5) is 3.17. The van der Waals surface area contributed by atoms with E-state index in [1.54, 1.807) is 0 Å². The quantitative estimate of drug-likeness (QED) is 0.763. The number of nitrogens with one attached hydrogen (secondary N) is 1. The van der Waals surface area contributed by atoms with E-state index in [1.807, 2.05) is 0 Å². The highest BCUT2D eigenvalue weighted by molar-refractivity contribution is 7.71. The Hall–Kier alpha value is -0.610. The van der Waals surface area contributed by atoms with Crippen molar-refractivity contribution < 1.29 is 4.74 Å². The fourth-order valence-electron chi connectivity index (χ4n) is 1.88. The molecule has 1 N–H and O–H groups in total. The molecule has 0 aliphatic carbocycles. The lowest BCUT2D eigenvalue weighted by Gasteiger charge is -2.11. The van der Waals surface area contributed by atoms with Crippen LogP contribution in [-0.4, -0.2) is 22.3 Å². The van der Waals surface area contributed by atoms with E-state index in [0.717, 1.165) is 30.0 Å². The topological polar surface area (TPSA) is 29.9 Å². The van der Waals surface area contributed by atoms with Crippen LogP contribution in [0.1, 0.15) is 24.2 Å². The molecular weight excluding hydrogens is 196 g/mol. The third kappa shape index (κ3) is 1.77. The van der Waals surface area contributed by atoms with Gasteiger partial charge in [0.1, 0.15) is 0 Å². The lowest BCUT2D eigenvalue weighted by atomic mass is 10.2. The highest BCUT2D eigenvalue weighted by Crippen LogP contribution is 2.16. The summed E-state index contributed by atoms with van der Waals surface area (Å²) in [7, 11) is 0. The number of hydrogen-bond donors (Lipinski definition) is 1. The Balaban J connectivity index is 2.19. The first-order valence-corrected chi connectivity index (χ1v) is 5.47. The summed E-state index contributed by atoms with van der Waals surface area (Å²) in [5, 5.41) is 0. The molecular formula is C10H16N2OS. The van der Waals surface area contributed by atoms with Crippen molar-refractivity contribution in [3.63, 3.8) is 0 Å². The number of H-pyrrole nitrogens is 1. The summed E-state index contributed by atoms with van der Waals surface area (Å²) >= 11 is 5.25. The third-order valence-corrected chi connectivity index (χ3v) is 3.22. The molecule has 1 fully saturated rings. The van der Waals surface area contributed by atoms with Crippen molar-refractivity contribution >= 4 is 12.2 Å². The van der Waals surface area contributed by atoms with Crippen LogP contribution >= 0.6 is 12.2 Å². The zero-order valence-electron chi connectivity index (χ0n) is 8.67. The Labute approximate surface area is 89.1 Å². The van der Waals surface area contributed by atoms with Gasteiger partial charge in [-0.15, -0.1) is 0 Å². The van der Waals surface area contributed by atoms with Crippen molar-refractivity contribution in [2.45, 2.75) is 39.3 Å². The molecule has 0 aromatic carbocycles. The Morgan fingerprint density at radius 1 is 1.57 bits per heavy atom. The van der Waals surface area contributed by atoms with E-state index in [4.69, 9.17) is 17.0 Å². The average Bonchev–Trinajstić information content (AvgIpc) is 2.71. The Kier molecular flexibility index (Phi) is 2.74. The molecule has 78 valence electrons. The maximum absolute atomic E-state index is 5.60. The van der Waals surface area contributed by atoms with Crippen LogP contribution in [0.2, 0.25) is 0 Å². The van der Waals surface area contributed by atoms with Crippen LogP contribution in [0.3, 0.4) is 0 Å². The molecule has 0 saturated carbocycles. The fourth-order valence-corrected chi connectivity index (χ4v) is 2.25. The summed E-state index contributed by atoms with van der Waals surface area (Å²) in [5.41, 5.74) is 2.39. The van der Waals surface area contributed by atoms with Crippen molar-refractivity contribution in [1.82, 2.24) is 9.55 Å². The predicted octanol–water partition coefficient (Wildman–Crippen LogP) is 2.34. The molecule has 0 spiro atoms. The smallest absolute Gasteiger partial charge is 0.177 e. The van der Waals surface area contributed by atoms with Crippen LogP contribution in [-0.2, 0) is 11.3 Å². The minimum Gasteiger partial charge on any atom is -0.376 e. The minimum absolute atomic E-state index is 0.357. The zero-order valence-corrected chi connectivity index (χ0v) is 9.49. The minimum atomic E-state index is 0.357. The van der Waals surface area contributed by atoms with E-state index in [0.29, 0.717) is 6.10 Å². The van der Waals surface area contributed by atoms with Gasteiger partial charge in [-0.2, -0.15) is 0 Å². The first-order valence-electron chi connectivity index (χ1n) is 5.06. The standard InChI is InChI=1S/C10H16N2OS/c1-7-8(2)12(10(14)11-7)6-9-4-3-5-13-9/h9H,3-6H2,1-2H3,(H,11,14)/t9-/m0/s1. The maximum atomic E-state index is 5.60. The number of hydrogen-bond acceptors (Lipinski definition) is 2. The average molecular weight is 212 g/mol. The molecule has 2 rings (SSSR count). The van der Waals surface area contributed by atoms with E-state index in [2.05, 4.69) is 23.4 Å². The van der Waals surface area contributed by atoms with Crippen LogP contribution < -0.4 is 0 Å². The molecule has 14 heavy (non-hydrogen) atoms. The second kappa shape index (κ2) is 3.87. The van der Waals surface area contributed by atoms with Gasteiger partial charge in [0.15, 0.2) is 4.77 Å². The Bertz CT molecular complexity index is 374. The number of aryl methyl sites for hydroxylation is 1. The van der Waals surface area contributed by atoms with E-state index in [1.165, 1.54) is 12.1 Å². The van der Waals surface area contributed by atoms with Gasteiger partial charge in [-0.25, -0.2) is 0 Å². The summed E-state index contributed by atoms with van der Waals surface area (Å²) < 4.78 is 8.55. The van der Waals surface area contributed by atoms with Crippen LogP contribution in [0.15, 0.2) is 0 Å². The van der Waals surface area contributed by atoms with Crippen molar-refractivity contribution in [2.75, 3.05) is 6.61 Å². The summed E-state index contributed by atoms with van der Waals surface area (Å²) in [6, 6.07) is 0. The molecule has 0 radical (unpaired) electrons. The van der Waals surface area contributed by atoms with Crippen LogP contribution in [0.5, 0.6) is 0 Å². The Morgan fingerprint density at radius 2 is 2.36 bits per heavy atom. The van der Waals surface area contributed by atoms with Gasteiger partial charge in [0.2, 0.25) is 0 Å². The summed E-state index contributed by atoms with van der Waals surface area (Å²) in [5.74, 6) is 0. The number of rotatable bonds is 2. The normalized spacial score (nSPS) is 21.7. The van der Waals surface area contributed by atoms with Crippen molar-refractivity contribution in [3.8, 4) is 0 Å². The maximum Gasteiger partial charge on any atom is 0.177 e. The molecule has 1 saturated heterocycles. The highest BCUT2D eigenvalue weighted by Gasteiger charge is 2.17. The third-order valence-electron chi connectivity index (χ3n) is 2.90. The van der Waals surface area contributed by atoms with Crippen LogP contribution in [0.25, 0.3) is 0 Å². The SMILES string of the molecule is Cc1[nH]c(=S)n(C[C@@H]2CCCO2)c1C. The van der Waals surface area contributed by atoms with Gasteiger partial charge in [0.25, 0.3) is 0 Å². The van der Waals surface area contributed by atoms with Gasteiger partial charge in [0, 0.05) is 18.0 Å². The molecule has 1 atom stereocenters. The first-order chi connectivity index (χ1) is 6.68. The lowest BCUT2D eigenvalue weighted by molar-refractivity contribution is 0.0962. The fraction of sp³-hybridized carbons (Fsp3) is 0.700. The molecule has 1 aromatic rings. The van der Waals surface area contributed by atoms with Crippen LogP contribution in [0, 0.1) is 18.6 Å². The summed E-state index contributed by atoms with van der Waals surface area (Å²) in [6.45, 7) is 5.95. The molecule has 3 nitrogen and oxygen atoms in total. The first kappa shape index (κ1) is 9.93. The van der Waals surface area contributed by atoms with Gasteiger partial charge in [-0.1, -0.05) is 0 Å². The van der Waals surface area contributed by atoms with E-state index >= 15 is 0 Å². The van der Waals surface area contributed by atoms with E-state index in [-0.39, 0.29) is 0 Å². The largest absolute Gasteiger partial charge is 0.376 e. The van der Waals surface area contributed by atoms with Crippen molar-refractivity contribution in [3.05, 3.63) is 16.2 Å². The van der Waals surface area contributed by atoms with Crippen molar-refractivity contribution in [2.24, 2.45) is 0 Å². The molecule has 2 heterocycles. The van der Waals surface area contributed by atoms with Gasteiger partial charge in [0.05, 0.1) is 12.6 Å². The van der Waals surface area contributed by atoms with Gasteiger partial charge in [-0.05, 0) is 38.9 Å². The number of aromatic nitrogens is 2.